The molecule has 26 heavy (non-hydrogen) atoms. The first-order chi connectivity index (χ1) is 12.5. The van der Waals surface area contributed by atoms with Crippen LogP contribution < -0.4 is 5.73 Å². The van der Waals surface area contributed by atoms with E-state index in [-0.39, 0.29) is 17.6 Å². The smallest absolute Gasteiger partial charge is 0.242 e. The van der Waals surface area contributed by atoms with E-state index in [4.69, 9.17) is 10.3 Å². The maximum absolute atomic E-state index is 13.1. The van der Waals surface area contributed by atoms with Gasteiger partial charge in [-0.05, 0) is 49.9 Å². The van der Waals surface area contributed by atoms with Crippen LogP contribution >= 0.6 is 0 Å². The first-order valence-electron chi connectivity index (χ1n) is 9.23. The fourth-order valence-electron chi connectivity index (χ4n) is 4.02. The van der Waals surface area contributed by atoms with Crippen molar-refractivity contribution < 1.29 is 13.7 Å². The Balaban J connectivity index is 1.48. The van der Waals surface area contributed by atoms with Gasteiger partial charge in [0.1, 0.15) is 5.82 Å². The molecule has 7 heteroatoms. The van der Waals surface area contributed by atoms with Crippen molar-refractivity contribution in [1.29, 1.82) is 0 Å². The first kappa shape index (κ1) is 17.1. The van der Waals surface area contributed by atoms with Gasteiger partial charge >= 0.3 is 0 Å². The van der Waals surface area contributed by atoms with E-state index < -0.39 is 5.54 Å². The van der Waals surface area contributed by atoms with Gasteiger partial charge in [-0.15, -0.1) is 0 Å². The molecule has 1 saturated carbocycles. The number of benzene rings is 1. The zero-order valence-corrected chi connectivity index (χ0v) is 14.7. The number of carbonyl (C=O) groups is 1. The first-order valence-corrected chi connectivity index (χ1v) is 9.23. The number of hydrogen-bond acceptors (Lipinski definition) is 5. The maximum atomic E-state index is 13.1. The standard InChI is InChI=1S/C19H23FN4O2/c20-15-7-5-13(6-8-15)16-22-17(26-23-16)14-4-3-11-24(12-14)18(25)19(21)9-1-2-10-19/h5-8,14H,1-4,9-12,21H2. The van der Waals surface area contributed by atoms with Crippen LogP contribution in [-0.2, 0) is 4.79 Å². The third-order valence-electron chi connectivity index (χ3n) is 5.52. The Hall–Kier alpha value is -2.28. The van der Waals surface area contributed by atoms with E-state index in [2.05, 4.69) is 10.1 Å². The number of aromatic nitrogens is 2. The van der Waals surface area contributed by atoms with Crippen molar-refractivity contribution in [1.82, 2.24) is 15.0 Å². The molecule has 1 atom stereocenters. The van der Waals surface area contributed by atoms with Gasteiger partial charge in [0.2, 0.25) is 17.6 Å². The predicted molar refractivity (Wildman–Crippen MR) is 93.6 cm³/mol. The summed E-state index contributed by atoms with van der Waals surface area (Å²) in [5.41, 5.74) is 6.34. The maximum Gasteiger partial charge on any atom is 0.242 e. The van der Waals surface area contributed by atoms with Crippen LogP contribution in [0.3, 0.4) is 0 Å². The monoisotopic (exact) mass is 358 g/mol. The SMILES string of the molecule is NC1(C(=O)N2CCCC(c3nc(-c4ccc(F)cc4)no3)C2)CCCC1. The number of amides is 1. The third kappa shape index (κ3) is 3.23. The van der Waals surface area contributed by atoms with Crippen molar-refractivity contribution in [2.24, 2.45) is 5.73 Å². The molecule has 0 spiro atoms. The second-order valence-electron chi connectivity index (χ2n) is 7.42. The molecule has 2 fully saturated rings. The highest BCUT2D eigenvalue weighted by Crippen LogP contribution is 2.33. The number of likely N-dealkylation sites (tertiary alicyclic amines) is 1. The highest BCUT2D eigenvalue weighted by molar-refractivity contribution is 5.86. The van der Waals surface area contributed by atoms with Gasteiger partial charge in [-0.3, -0.25) is 4.79 Å². The second kappa shape index (κ2) is 6.79. The van der Waals surface area contributed by atoms with Crippen molar-refractivity contribution in [3.05, 3.63) is 36.0 Å². The summed E-state index contributed by atoms with van der Waals surface area (Å²) in [4.78, 5) is 19.2. The molecule has 1 unspecified atom stereocenters. The molecule has 2 N–H and O–H groups in total. The molecule has 1 amide bonds. The number of rotatable bonds is 3. The Morgan fingerprint density at radius 2 is 1.96 bits per heavy atom. The molecule has 4 rings (SSSR count). The molecule has 2 aromatic rings. The summed E-state index contributed by atoms with van der Waals surface area (Å²) < 4.78 is 18.5. The molecule has 0 bridgehead atoms. The molecule has 1 aliphatic carbocycles. The summed E-state index contributed by atoms with van der Waals surface area (Å²) in [6.07, 6.45) is 5.35. The van der Waals surface area contributed by atoms with E-state index in [9.17, 15) is 9.18 Å². The van der Waals surface area contributed by atoms with Gasteiger partial charge in [0, 0.05) is 18.7 Å². The average molecular weight is 358 g/mol. The minimum absolute atomic E-state index is 0.0133. The summed E-state index contributed by atoms with van der Waals surface area (Å²) in [7, 11) is 0. The van der Waals surface area contributed by atoms with Gasteiger partial charge in [0.15, 0.2) is 0 Å². The lowest BCUT2D eigenvalue weighted by molar-refractivity contribution is -0.138. The summed E-state index contributed by atoms with van der Waals surface area (Å²) in [5.74, 6) is 0.729. The fraction of sp³-hybridized carbons (Fsp3) is 0.526. The van der Waals surface area contributed by atoms with Gasteiger partial charge in [-0.2, -0.15) is 4.98 Å². The zero-order valence-electron chi connectivity index (χ0n) is 14.7. The fourth-order valence-corrected chi connectivity index (χ4v) is 4.02. The van der Waals surface area contributed by atoms with Crippen LogP contribution in [0, 0.1) is 5.82 Å². The lowest BCUT2D eigenvalue weighted by Gasteiger charge is -2.36. The minimum atomic E-state index is -0.698. The number of nitrogens with two attached hydrogens (primary N) is 1. The highest BCUT2D eigenvalue weighted by Gasteiger charge is 2.41. The van der Waals surface area contributed by atoms with E-state index >= 15 is 0 Å². The molecule has 2 aliphatic rings. The van der Waals surface area contributed by atoms with Crippen molar-refractivity contribution in [2.75, 3.05) is 13.1 Å². The zero-order chi connectivity index (χ0) is 18.1. The van der Waals surface area contributed by atoms with Crippen LogP contribution in [0.15, 0.2) is 28.8 Å². The minimum Gasteiger partial charge on any atom is -0.340 e. The quantitative estimate of drug-likeness (QED) is 0.912. The Bertz CT molecular complexity index is 783. The van der Waals surface area contributed by atoms with Crippen molar-refractivity contribution in [3.8, 4) is 11.4 Å². The topological polar surface area (TPSA) is 85.3 Å². The lowest BCUT2D eigenvalue weighted by atomic mass is 9.92. The predicted octanol–water partition coefficient (Wildman–Crippen LogP) is 2.85. The number of nitrogens with zero attached hydrogens (tertiary/aromatic N) is 3. The van der Waals surface area contributed by atoms with Crippen LogP contribution in [0.1, 0.15) is 50.3 Å². The average Bonchev–Trinajstić information content (AvgIpc) is 3.32. The third-order valence-corrected chi connectivity index (χ3v) is 5.52. The molecule has 0 radical (unpaired) electrons. The number of piperidine rings is 1. The van der Waals surface area contributed by atoms with E-state index in [1.165, 1.54) is 12.1 Å². The van der Waals surface area contributed by atoms with Crippen molar-refractivity contribution >= 4 is 5.91 Å². The van der Waals surface area contributed by atoms with E-state index in [1.54, 1.807) is 12.1 Å². The van der Waals surface area contributed by atoms with Crippen LogP contribution in [0.2, 0.25) is 0 Å². The summed E-state index contributed by atoms with van der Waals surface area (Å²) in [5, 5.41) is 4.02. The normalized spacial score (nSPS) is 22.5. The second-order valence-corrected chi connectivity index (χ2v) is 7.42. The number of halogens is 1. The Labute approximate surface area is 151 Å². The Kier molecular flexibility index (Phi) is 4.48. The largest absolute Gasteiger partial charge is 0.340 e. The van der Waals surface area contributed by atoms with E-state index in [1.807, 2.05) is 4.90 Å². The summed E-state index contributed by atoms with van der Waals surface area (Å²) in [6.45, 7) is 1.29. The molecule has 1 aromatic carbocycles. The molecule has 1 saturated heterocycles. The van der Waals surface area contributed by atoms with Crippen LogP contribution in [0.25, 0.3) is 11.4 Å². The van der Waals surface area contributed by atoms with Crippen LogP contribution in [0.5, 0.6) is 0 Å². The van der Waals surface area contributed by atoms with Gasteiger partial charge < -0.3 is 15.2 Å². The summed E-state index contributed by atoms with van der Waals surface area (Å²) >= 11 is 0. The van der Waals surface area contributed by atoms with Crippen molar-refractivity contribution in [3.63, 3.8) is 0 Å². The summed E-state index contributed by atoms with van der Waals surface area (Å²) in [6, 6.07) is 5.99. The molecular formula is C19H23FN4O2. The molecule has 1 aromatic heterocycles. The molecular weight excluding hydrogens is 335 g/mol. The van der Waals surface area contributed by atoms with E-state index in [0.29, 0.717) is 23.8 Å². The van der Waals surface area contributed by atoms with Gasteiger partial charge in [0.05, 0.1) is 11.5 Å². The highest BCUT2D eigenvalue weighted by atomic mass is 19.1. The van der Waals surface area contributed by atoms with Crippen LogP contribution in [-0.4, -0.2) is 39.6 Å². The number of hydrogen-bond donors (Lipinski definition) is 1. The number of carbonyl (C=O) groups excluding carboxylic acids is 1. The lowest BCUT2D eigenvalue weighted by Crippen LogP contribution is -2.55. The Morgan fingerprint density at radius 1 is 1.23 bits per heavy atom. The molecule has 1 aliphatic heterocycles. The molecule has 138 valence electrons. The van der Waals surface area contributed by atoms with Gasteiger partial charge in [0.25, 0.3) is 0 Å². The Morgan fingerprint density at radius 3 is 2.69 bits per heavy atom. The molecule has 6 nitrogen and oxygen atoms in total. The van der Waals surface area contributed by atoms with E-state index in [0.717, 1.165) is 45.1 Å². The van der Waals surface area contributed by atoms with Crippen molar-refractivity contribution in [2.45, 2.75) is 50.0 Å². The van der Waals surface area contributed by atoms with Crippen LogP contribution in [0.4, 0.5) is 4.39 Å². The van der Waals surface area contributed by atoms with Gasteiger partial charge in [-0.1, -0.05) is 18.0 Å². The molecule has 2 heterocycles. The van der Waals surface area contributed by atoms with Gasteiger partial charge in [-0.25, -0.2) is 4.39 Å².